The van der Waals surface area contributed by atoms with Crippen LogP contribution < -0.4 is 5.32 Å². The largest absolute Gasteiger partial charge is 0.379 e. The van der Waals surface area contributed by atoms with Gasteiger partial charge in [-0.3, -0.25) is 0 Å². The molecular weight excluding hydrogens is 225 g/mol. The van der Waals surface area contributed by atoms with Crippen molar-refractivity contribution in [2.45, 2.75) is 23.1 Å². The highest BCUT2D eigenvalue weighted by molar-refractivity contribution is 8.00. The molecule has 0 radical (unpaired) electrons. The van der Waals surface area contributed by atoms with E-state index in [0.717, 1.165) is 23.7 Å². The van der Waals surface area contributed by atoms with Crippen LogP contribution >= 0.6 is 11.8 Å². The van der Waals surface area contributed by atoms with Crippen molar-refractivity contribution in [1.82, 2.24) is 5.32 Å². The first-order chi connectivity index (χ1) is 7.70. The van der Waals surface area contributed by atoms with Gasteiger partial charge in [0.05, 0.1) is 18.5 Å². The Balaban J connectivity index is 2.20. The quantitative estimate of drug-likeness (QED) is 0.875. The predicted octanol–water partition coefficient (Wildman–Crippen LogP) is 2.60. The maximum atomic E-state index is 13.2. The lowest BCUT2D eigenvalue weighted by molar-refractivity contribution is 0.0455. The third-order valence-electron chi connectivity index (χ3n) is 2.77. The van der Waals surface area contributed by atoms with Crippen molar-refractivity contribution < 1.29 is 9.13 Å². The van der Waals surface area contributed by atoms with E-state index in [1.807, 2.05) is 20.0 Å². The van der Waals surface area contributed by atoms with E-state index in [1.165, 1.54) is 6.07 Å². The molecule has 0 amide bonds. The van der Waals surface area contributed by atoms with Crippen LogP contribution in [0.4, 0.5) is 4.39 Å². The molecule has 1 unspecified atom stereocenters. The summed E-state index contributed by atoms with van der Waals surface area (Å²) < 4.78 is 18.4. The van der Waals surface area contributed by atoms with Crippen molar-refractivity contribution in [1.29, 1.82) is 0 Å². The molecule has 1 atom stereocenters. The van der Waals surface area contributed by atoms with Crippen molar-refractivity contribution in [3.63, 3.8) is 0 Å². The second-order valence-electron chi connectivity index (χ2n) is 3.97. The fourth-order valence-corrected chi connectivity index (χ4v) is 2.79. The Bertz CT molecular complexity index is 368. The first-order valence-electron chi connectivity index (χ1n) is 5.42. The lowest BCUT2D eigenvalue weighted by Crippen LogP contribution is -2.30. The van der Waals surface area contributed by atoms with Gasteiger partial charge in [-0.25, -0.2) is 4.39 Å². The monoisotopic (exact) mass is 241 g/mol. The predicted molar refractivity (Wildman–Crippen MR) is 64.3 cm³/mol. The maximum Gasteiger partial charge on any atom is 0.123 e. The van der Waals surface area contributed by atoms with E-state index in [0.29, 0.717) is 5.25 Å². The zero-order valence-corrected chi connectivity index (χ0v) is 10.3. The van der Waals surface area contributed by atoms with Gasteiger partial charge in [0.1, 0.15) is 5.82 Å². The number of nitrogens with one attached hydrogen (secondary N) is 1. The molecule has 88 valence electrons. The van der Waals surface area contributed by atoms with E-state index >= 15 is 0 Å². The molecule has 1 N–H and O–H groups in total. The SMILES string of the molecule is CNC(C)c1cc(F)ccc1SC1COC1. The summed E-state index contributed by atoms with van der Waals surface area (Å²) in [5.41, 5.74) is 1.03. The summed E-state index contributed by atoms with van der Waals surface area (Å²) in [5, 5.41) is 3.67. The Morgan fingerprint density at radius 2 is 2.25 bits per heavy atom. The van der Waals surface area contributed by atoms with Gasteiger partial charge in [0.15, 0.2) is 0 Å². The van der Waals surface area contributed by atoms with Crippen LogP contribution in [0.15, 0.2) is 23.1 Å². The zero-order valence-electron chi connectivity index (χ0n) is 9.50. The Morgan fingerprint density at radius 1 is 1.50 bits per heavy atom. The minimum absolute atomic E-state index is 0.166. The van der Waals surface area contributed by atoms with Crippen molar-refractivity contribution in [3.8, 4) is 0 Å². The lowest BCUT2D eigenvalue weighted by Gasteiger charge is -2.27. The first kappa shape index (κ1) is 11.9. The van der Waals surface area contributed by atoms with Crippen LogP contribution in [0, 0.1) is 5.82 Å². The molecule has 0 spiro atoms. The average Bonchev–Trinajstić information content (AvgIpc) is 2.23. The minimum Gasteiger partial charge on any atom is -0.379 e. The zero-order chi connectivity index (χ0) is 11.5. The van der Waals surface area contributed by atoms with Crippen LogP contribution in [-0.4, -0.2) is 25.5 Å². The van der Waals surface area contributed by atoms with Crippen LogP contribution in [0.1, 0.15) is 18.5 Å². The third kappa shape index (κ3) is 2.56. The van der Waals surface area contributed by atoms with Crippen LogP contribution in [0.25, 0.3) is 0 Å². The highest BCUT2D eigenvalue weighted by Crippen LogP contribution is 2.33. The summed E-state index contributed by atoms with van der Waals surface area (Å²) in [6.45, 7) is 3.64. The summed E-state index contributed by atoms with van der Waals surface area (Å²) in [6.07, 6.45) is 0. The van der Waals surface area contributed by atoms with Crippen LogP contribution in [0.3, 0.4) is 0 Å². The molecule has 16 heavy (non-hydrogen) atoms. The third-order valence-corrected chi connectivity index (χ3v) is 4.00. The summed E-state index contributed by atoms with van der Waals surface area (Å²) in [6, 6.07) is 5.16. The fraction of sp³-hybridized carbons (Fsp3) is 0.500. The van der Waals surface area contributed by atoms with E-state index < -0.39 is 0 Å². The Morgan fingerprint density at radius 3 is 2.81 bits per heavy atom. The normalized spacial score (nSPS) is 18.2. The smallest absolute Gasteiger partial charge is 0.123 e. The highest BCUT2D eigenvalue weighted by atomic mass is 32.2. The summed E-state index contributed by atoms with van der Waals surface area (Å²) in [4.78, 5) is 1.15. The number of thioether (sulfide) groups is 1. The van der Waals surface area contributed by atoms with E-state index in [9.17, 15) is 4.39 Å². The Hall–Kier alpha value is -0.580. The summed E-state index contributed by atoms with van der Waals surface area (Å²) in [5.74, 6) is -0.175. The number of hydrogen-bond acceptors (Lipinski definition) is 3. The van der Waals surface area contributed by atoms with Gasteiger partial charge in [-0.1, -0.05) is 0 Å². The van der Waals surface area contributed by atoms with Crippen molar-refractivity contribution in [2.75, 3.05) is 20.3 Å². The first-order valence-corrected chi connectivity index (χ1v) is 6.30. The molecule has 1 aliphatic rings. The van der Waals surface area contributed by atoms with Crippen molar-refractivity contribution in [3.05, 3.63) is 29.6 Å². The van der Waals surface area contributed by atoms with E-state index in [-0.39, 0.29) is 11.9 Å². The second-order valence-corrected chi connectivity index (χ2v) is 5.31. The molecule has 1 heterocycles. The van der Waals surface area contributed by atoms with Crippen molar-refractivity contribution >= 4 is 11.8 Å². The molecule has 0 aromatic heterocycles. The van der Waals surface area contributed by atoms with Gasteiger partial charge < -0.3 is 10.1 Å². The molecule has 0 bridgehead atoms. The van der Waals surface area contributed by atoms with E-state index in [1.54, 1.807) is 17.8 Å². The van der Waals surface area contributed by atoms with Gasteiger partial charge in [-0.2, -0.15) is 0 Å². The minimum atomic E-state index is -0.175. The van der Waals surface area contributed by atoms with Crippen LogP contribution in [-0.2, 0) is 4.74 Å². The number of ether oxygens (including phenoxy) is 1. The van der Waals surface area contributed by atoms with E-state index in [4.69, 9.17) is 4.74 Å². The maximum absolute atomic E-state index is 13.2. The van der Waals surface area contributed by atoms with Gasteiger partial charge in [-0.05, 0) is 37.7 Å². The van der Waals surface area contributed by atoms with Gasteiger partial charge >= 0.3 is 0 Å². The highest BCUT2D eigenvalue weighted by Gasteiger charge is 2.22. The Kier molecular flexibility index (Phi) is 3.84. The molecule has 1 saturated heterocycles. The molecule has 0 saturated carbocycles. The standard InChI is InChI=1S/C12H16FNOS/c1-8(14-2)11-5-9(13)3-4-12(11)16-10-6-15-7-10/h3-5,8,10,14H,6-7H2,1-2H3. The van der Waals surface area contributed by atoms with Crippen LogP contribution in [0.2, 0.25) is 0 Å². The summed E-state index contributed by atoms with van der Waals surface area (Å²) >= 11 is 1.78. The average molecular weight is 241 g/mol. The molecule has 1 fully saturated rings. The molecule has 4 heteroatoms. The molecule has 2 rings (SSSR count). The number of halogens is 1. The molecule has 1 aromatic rings. The number of hydrogen-bond donors (Lipinski definition) is 1. The van der Waals surface area contributed by atoms with Gasteiger partial charge in [0.25, 0.3) is 0 Å². The van der Waals surface area contributed by atoms with Crippen molar-refractivity contribution in [2.24, 2.45) is 0 Å². The topological polar surface area (TPSA) is 21.3 Å². The number of rotatable bonds is 4. The number of benzene rings is 1. The Labute approximate surface area is 99.6 Å². The fourth-order valence-electron chi connectivity index (χ4n) is 1.58. The van der Waals surface area contributed by atoms with Gasteiger partial charge in [0, 0.05) is 10.9 Å². The second kappa shape index (κ2) is 5.17. The molecule has 1 aromatic carbocycles. The lowest BCUT2D eigenvalue weighted by atomic mass is 10.1. The van der Waals surface area contributed by atoms with Gasteiger partial charge in [0.2, 0.25) is 0 Å². The molecule has 2 nitrogen and oxygen atoms in total. The molecule has 0 aliphatic carbocycles. The molecule has 1 aliphatic heterocycles. The van der Waals surface area contributed by atoms with Crippen LogP contribution in [0.5, 0.6) is 0 Å². The van der Waals surface area contributed by atoms with E-state index in [2.05, 4.69) is 5.32 Å². The molecular formula is C12H16FNOS. The van der Waals surface area contributed by atoms with Gasteiger partial charge in [-0.15, -0.1) is 11.8 Å². The summed E-state index contributed by atoms with van der Waals surface area (Å²) in [7, 11) is 1.89.